The number of hydrogen-bond acceptors (Lipinski definition) is 6. The van der Waals surface area contributed by atoms with E-state index in [4.69, 9.17) is 8.85 Å². The van der Waals surface area contributed by atoms with Crippen LogP contribution in [0.3, 0.4) is 0 Å². The van der Waals surface area contributed by atoms with Gasteiger partial charge in [0.25, 0.3) is 0 Å². The maximum atomic E-state index is 12.1. The second kappa shape index (κ2) is 15.8. The summed E-state index contributed by atoms with van der Waals surface area (Å²) in [4.78, 5) is 19.1. The molecule has 0 unspecified atom stereocenters. The number of fused-ring (bicyclic) bond motifs is 3. The molecule has 2 aromatic heterocycles. The molecule has 0 atom stereocenters. The van der Waals surface area contributed by atoms with Gasteiger partial charge in [-0.1, -0.05) is 120 Å². The van der Waals surface area contributed by atoms with Gasteiger partial charge in [0.2, 0.25) is 0 Å². The second-order valence-corrected chi connectivity index (χ2v) is 33.0. The molecule has 0 aliphatic carbocycles. The third-order valence-electron chi connectivity index (χ3n) is 12.0. The lowest BCUT2D eigenvalue weighted by Crippen LogP contribution is -2.72. The van der Waals surface area contributed by atoms with Gasteiger partial charge < -0.3 is 13.8 Å². The Kier molecular flexibility index (Phi) is 11.8. The molecule has 0 radical (unpaired) electrons. The standard InChI is InChI=1S/C45H57NO3S2Si3/c1-44(2,3)52(7,8)48-29-27-46(28-30-49-53(9,10)45(4,5)6)35-24-21-34(22-25-35)23-26-36-31-40-42(50-36)43-41(32-37(33-47)51-43)54(40,38-17-13-11-14-18-38)39-19-15-12-16-20-39/h11-26,31-33H,27-30H2,1-10H3/b26-23+. The molecule has 5 aromatic rings. The molecule has 0 spiro atoms. The summed E-state index contributed by atoms with van der Waals surface area (Å²) in [5, 5.41) is 5.82. The van der Waals surface area contributed by atoms with Crippen LogP contribution >= 0.6 is 22.7 Å². The van der Waals surface area contributed by atoms with E-state index in [0.29, 0.717) is 13.2 Å². The number of carbonyl (C=O) groups excluding carboxylic acids is 1. The van der Waals surface area contributed by atoms with Gasteiger partial charge in [-0.25, -0.2) is 0 Å². The van der Waals surface area contributed by atoms with Gasteiger partial charge in [0.15, 0.2) is 31.0 Å². The lowest BCUT2D eigenvalue weighted by Gasteiger charge is -2.38. The van der Waals surface area contributed by atoms with Gasteiger partial charge in [-0.3, -0.25) is 4.79 Å². The Bertz CT molecular complexity index is 2000. The van der Waals surface area contributed by atoms with E-state index in [-0.39, 0.29) is 10.1 Å². The predicted octanol–water partition coefficient (Wildman–Crippen LogP) is 10.0. The van der Waals surface area contributed by atoms with Gasteiger partial charge in [0.1, 0.15) is 0 Å². The molecule has 0 fully saturated rings. The van der Waals surface area contributed by atoms with Crippen LogP contribution in [0.4, 0.5) is 5.69 Å². The van der Waals surface area contributed by atoms with Crippen molar-refractivity contribution in [1.82, 2.24) is 0 Å². The quantitative estimate of drug-likeness (QED) is 0.0812. The first-order valence-electron chi connectivity index (χ1n) is 19.1. The van der Waals surface area contributed by atoms with Crippen LogP contribution < -0.4 is 25.6 Å². The van der Waals surface area contributed by atoms with Crippen molar-refractivity contribution >= 4 is 92.3 Å². The maximum absolute atomic E-state index is 12.1. The third-order valence-corrected chi connectivity index (χ3v) is 28.6. The fraction of sp³-hybridized carbons (Fsp3) is 0.356. The minimum atomic E-state index is -2.59. The largest absolute Gasteiger partial charge is 0.415 e. The Labute approximate surface area is 335 Å². The van der Waals surface area contributed by atoms with E-state index >= 15 is 0 Å². The van der Waals surface area contributed by atoms with Crippen molar-refractivity contribution in [2.45, 2.75) is 77.8 Å². The molecule has 0 bridgehead atoms. The van der Waals surface area contributed by atoms with E-state index in [1.54, 1.807) is 11.3 Å². The van der Waals surface area contributed by atoms with E-state index in [1.807, 2.05) is 11.3 Å². The lowest BCUT2D eigenvalue weighted by atomic mass is 10.1. The third kappa shape index (κ3) is 8.05. The van der Waals surface area contributed by atoms with Crippen LogP contribution in [-0.4, -0.2) is 57.3 Å². The van der Waals surface area contributed by atoms with Crippen LogP contribution in [0.25, 0.3) is 21.9 Å². The first-order chi connectivity index (χ1) is 25.5. The van der Waals surface area contributed by atoms with E-state index in [0.717, 1.165) is 29.8 Å². The van der Waals surface area contributed by atoms with Crippen LogP contribution in [-0.2, 0) is 8.85 Å². The summed E-state index contributed by atoms with van der Waals surface area (Å²) < 4.78 is 13.3. The van der Waals surface area contributed by atoms with Crippen molar-refractivity contribution in [1.29, 1.82) is 0 Å². The molecule has 0 N–H and O–H groups in total. The second-order valence-electron chi connectivity index (χ2n) is 17.5. The van der Waals surface area contributed by atoms with Crippen LogP contribution in [0.5, 0.6) is 0 Å². The summed E-state index contributed by atoms with van der Waals surface area (Å²) in [6.45, 7) is 26.2. The van der Waals surface area contributed by atoms with Crippen LogP contribution in [0, 0.1) is 0 Å². The lowest BCUT2D eigenvalue weighted by molar-refractivity contribution is 0.112. The van der Waals surface area contributed by atoms with Crippen LogP contribution in [0.15, 0.2) is 97.1 Å². The smallest absolute Gasteiger partial charge is 0.192 e. The van der Waals surface area contributed by atoms with E-state index in [1.165, 1.54) is 41.1 Å². The van der Waals surface area contributed by atoms with Gasteiger partial charge in [-0.2, -0.15) is 0 Å². The number of thiophene rings is 2. The summed E-state index contributed by atoms with van der Waals surface area (Å²) in [5.41, 5.74) is 2.36. The van der Waals surface area contributed by atoms with Crippen molar-refractivity contribution in [2.24, 2.45) is 0 Å². The Morgan fingerprint density at radius 3 is 1.52 bits per heavy atom. The first-order valence-corrected chi connectivity index (χ1v) is 28.6. The SMILES string of the molecule is CC(C)(C)[Si](C)(C)OCCN(CCO[Si](C)(C)C(C)(C)C)c1ccc(/C=C/c2cc3c(s2)-c2sc(C=O)cc2[Si]3(c2ccccc2)c2ccccc2)cc1. The number of rotatable bonds is 14. The number of benzene rings is 3. The maximum Gasteiger partial charge on any atom is 0.192 e. The average Bonchev–Trinajstić information content (AvgIpc) is 3.81. The summed E-state index contributed by atoms with van der Waals surface area (Å²) in [5.74, 6) is 0. The number of anilines is 1. The highest BCUT2D eigenvalue weighted by Gasteiger charge is 2.51. The average molecular weight is 808 g/mol. The molecule has 4 nitrogen and oxygen atoms in total. The van der Waals surface area contributed by atoms with Gasteiger partial charge >= 0.3 is 0 Å². The zero-order valence-electron chi connectivity index (χ0n) is 33.8. The Morgan fingerprint density at radius 2 is 1.07 bits per heavy atom. The van der Waals surface area contributed by atoms with Gasteiger partial charge in [0.05, 0.1) is 18.1 Å². The van der Waals surface area contributed by atoms with Crippen molar-refractivity contribution in [3.8, 4) is 9.75 Å². The molecular weight excluding hydrogens is 751 g/mol. The van der Waals surface area contributed by atoms with Crippen molar-refractivity contribution in [3.63, 3.8) is 0 Å². The molecule has 54 heavy (non-hydrogen) atoms. The van der Waals surface area contributed by atoms with Gasteiger partial charge in [0, 0.05) is 33.4 Å². The zero-order valence-corrected chi connectivity index (χ0v) is 38.4. The number of hydrogen-bond donors (Lipinski definition) is 0. The molecule has 9 heteroatoms. The van der Waals surface area contributed by atoms with Crippen molar-refractivity contribution in [3.05, 3.63) is 112 Å². The summed E-state index contributed by atoms with van der Waals surface area (Å²) in [6, 6.07) is 35.5. The Hall–Kier alpha value is -3.16. The van der Waals surface area contributed by atoms with Crippen molar-refractivity contribution < 1.29 is 13.6 Å². The minimum absolute atomic E-state index is 0.178. The number of nitrogens with zero attached hydrogens (tertiary/aromatic N) is 1. The molecule has 0 saturated carbocycles. The summed E-state index contributed by atoms with van der Waals surface area (Å²) in [6.07, 6.45) is 5.51. The van der Waals surface area contributed by atoms with Gasteiger partial charge in [-0.05, 0) is 92.9 Å². The molecule has 284 valence electrons. The monoisotopic (exact) mass is 807 g/mol. The Balaban J connectivity index is 1.27. The summed E-state index contributed by atoms with van der Waals surface area (Å²) >= 11 is 3.48. The molecular formula is C45H57NO3S2Si3. The molecule has 3 aromatic carbocycles. The highest BCUT2D eigenvalue weighted by Crippen LogP contribution is 2.40. The molecule has 1 aliphatic rings. The summed E-state index contributed by atoms with van der Waals surface area (Å²) in [7, 11) is -6.29. The van der Waals surface area contributed by atoms with Crippen LogP contribution in [0.1, 0.15) is 61.7 Å². The zero-order chi connectivity index (χ0) is 38.9. The predicted molar refractivity (Wildman–Crippen MR) is 244 cm³/mol. The normalized spacial score (nSPS) is 14.3. The molecule has 0 amide bonds. The number of carbonyl (C=O) groups is 1. The fourth-order valence-corrected chi connectivity index (χ4v) is 17.4. The highest BCUT2D eigenvalue weighted by atomic mass is 32.1. The number of aldehydes is 1. The van der Waals surface area contributed by atoms with E-state index in [9.17, 15) is 4.79 Å². The van der Waals surface area contributed by atoms with Crippen LogP contribution in [0.2, 0.25) is 36.3 Å². The first kappa shape index (κ1) is 40.5. The Morgan fingerprint density at radius 1 is 0.630 bits per heavy atom. The molecule has 0 saturated heterocycles. The topological polar surface area (TPSA) is 38.8 Å². The fourth-order valence-electron chi connectivity index (χ4n) is 6.76. The van der Waals surface area contributed by atoms with Gasteiger partial charge in [-0.15, -0.1) is 22.7 Å². The molecule has 1 aliphatic heterocycles. The molecule has 3 heterocycles. The highest BCUT2D eigenvalue weighted by molar-refractivity contribution is 7.34. The van der Waals surface area contributed by atoms with E-state index in [2.05, 4.69) is 182 Å². The van der Waals surface area contributed by atoms with Crippen molar-refractivity contribution in [2.75, 3.05) is 31.2 Å². The molecule has 6 rings (SSSR count). The van der Waals surface area contributed by atoms with E-state index < -0.39 is 24.7 Å². The minimum Gasteiger partial charge on any atom is -0.415 e.